The van der Waals surface area contributed by atoms with Crippen molar-refractivity contribution in [2.75, 3.05) is 26.4 Å². The van der Waals surface area contributed by atoms with Crippen molar-refractivity contribution in [3.63, 3.8) is 0 Å². The number of unbranched alkanes of at least 4 members (excludes halogenated alkanes) is 28. The van der Waals surface area contributed by atoms with E-state index >= 15 is 0 Å². The molecule has 0 aromatic rings. The number of ether oxygens (including phenoxy) is 4. The van der Waals surface area contributed by atoms with Gasteiger partial charge in [0.2, 0.25) is 0 Å². The molecule has 0 spiro atoms. The fraction of sp³-hybridized carbons (Fsp3) is 0.839. The molecule has 1 heterocycles. The molecule has 0 bridgehead atoms. The average molecular weight is 999 g/mol. The fourth-order valence-electron chi connectivity index (χ4n) is 8.55. The summed E-state index contributed by atoms with van der Waals surface area (Å²) in [6.45, 7) is 3.92. The van der Waals surface area contributed by atoms with Crippen molar-refractivity contribution in [2.45, 2.75) is 275 Å². The Hall–Kier alpha value is -1.94. The van der Waals surface area contributed by atoms with Gasteiger partial charge in [-0.2, -0.15) is 8.42 Å². The van der Waals surface area contributed by atoms with Crippen molar-refractivity contribution >= 4 is 16.4 Å². The largest absolute Gasteiger partial charge is 0.457 e. The Morgan fingerprint density at radius 2 is 1.00 bits per heavy atom. The molecule has 0 amide bonds. The van der Waals surface area contributed by atoms with Gasteiger partial charge in [0.05, 0.1) is 19.8 Å². The van der Waals surface area contributed by atoms with Crippen LogP contribution in [0.1, 0.15) is 239 Å². The monoisotopic (exact) mass is 999 g/mol. The normalized spacial score (nSPS) is 19.5. The molecule has 0 radical (unpaired) electrons. The lowest BCUT2D eigenvalue weighted by Crippen LogP contribution is -2.60. The van der Waals surface area contributed by atoms with Gasteiger partial charge in [-0.05, 0) is 51.4 Å². The molecule has 0 aromatic heterocycles. The van der Waals surface area contributed by atoms with Gasteiger partial charge in [-0.3, -0.25) is 9.35 Å². The molecule has 1 aliphatic heterocycles. The van der Waals surface area contributed by atoms with Crippen molar-refractivity contribution in [1.82, 2.24) is 0 Å². The highest BCUT2D eigenvalue weighted by molar-refractivity contribution is 7.80. The van der Waals surface area contributed by atoms with Crippen molar-refractivity contribution in [3.05, 3.63) is 48.6 Å². The maximum atomic E-state index is 12.9. The van der Waals surface area contributed by atoms with E-state index in [1.165, 1.54) is 141 Å². The summed E-state index contributed by atoms with van der Waals surface area (Å²) in [5, 5.41) is 30.8. The molecule has 4 N–H and O–H groups in total. The zero-order valence-corrected chi connectivity index (χ0v) is 44.4. The molecule has 6 unspecified atom stereocenters. The summed E-state index contributed by atoms with van der Waals surface area (Å²) >= 11 is 0. The topological polar surface area (TPSA) is 178 Å². The second-order valence-corrected chi connectivity index (χ2v) is 20.2. The highest BCUT2D eigenvalue weighted by atomic mass is 32.3. The van der Waals surface area contributed by atoms with Gasteiger partial charge in [-0.15, -0.1) is 0 Å². The van der Waals surface area contributed by atoms with E-state index < -0.39 is 59.8 Å². The highest BCUT2D eigenvalue weighted by Crippen LogP contribution is 2.26. The second-order valence-electron chi connectivity index (χ2n) is 19.2. The van der Waals surface area contributed by atoms with Crippen molar-refractivity contribution in [1.29, 1.82) is 0 Å². The van der Waals surface area contributed by atoms with E-state index in [1.54, 1.807) is 0 Å². The van der Waals surface area contributed by atoms with Gasteiger partial charge in [0.1, 0.15) is 30.5 Å². The van der Waals surface area contributed by atoms with Crippen molar-refractivity contribution in [3.8, 4) is 0 Å². The molecular formula is C56H102O12S. The van der Waals surface area contributed by atoms with Crippen LogP contribution in [0.4, 0.5) is 0 Å². The standard InChI is InChI=1S/C56H102O12S/c1-3-5-7-9-11-13-15-17-19-21-23-24-25-26-27-29-31-33-35-37-39-41-43-45-52(58)66-50(49-65-56-54(60)55(68-69(61,62)63)53(59)51(47-57)67-56)48-64-46-44-42-40-38-36-34-32-30-28-22-20-18-16-14-12-10-8-6-4-2/h5,7,11,13,17,19,23-24,50-51,53-57,59-60H,3-4,6,8-10,12,14-16,18,20-22,25-49H2,1-2H3,(H,61,62,63)/b7-5-,13-11-,19-17-,24-23-. The van der Waals surface area contributed by atoms with Crippen LogP contribution in [0.2, 0.25) is 0 Å². The Bertz CT molecular complexity index is 1380. The van der Waals surface area contributed by atoms with E-state index in [0.29, 0.717) is 13.0 Å². The van der Waals surface area contributed by atoms with E-state index in [-0.39, 0.29) is 19.6 Å². The first kappa shape index (κ1) is 65.1. The quantitative estimate of drug-likeness (QED) is 0.0196. The van der Waals surface area contributed by atoms with Gasteiger partial charge in [-0.1, -0.05) is 229 Å². The van der Waals surface area contributed by atoms with Gasteiger partial charge < -0.3 is 34.3 Å². The van der Waals surface area contributed by atoms with E-state index in [2.05, 4.69) is 66.6 Å². The van der Waals surface area contributed by atoms with E-state index in [9.17, 15) is 33.1 Å². The number of esters is 1. The summed E-state index contributed by atoms with van der Waals surface area (Å²) in [7, 11) is -5.07. The molecule has 13 heteroatoms. The number of carbonyl (C=O) groups excluding carboxylic acids is 1. The molecule has 404 valence electrons. The molecule has 0 aromatic carbocycles. The number of hydrogen-bond donors (Lipinski definition) is 4. The van der Waals surface area contributed by atoms with E-state index in [4.69, 9.17) is 18.9 Å². The van der Waals surface area contributed by atoms with Crippen molar-refractivity contribution in [2.24, 2.45) is 0 Å². The first-order chi connectivity index (χ1) is 33.6. The van der Waals surface area contributed by atoms with Crippen LogP contribution in [-0.4, -0.2) is 97.5 Å². The molecule has 0 saturated carbocycles. The number of carbonyl (C=O) groups is 1. The Morgan fingerprint density at radius 1 is 0.565 bits per heavy atom. The minimum atomic E-state index is -5.07. The van der Waals surface area contributed by atoms with Crippen LogP contribution in [0, 0.1) is 0 Å². The minimum Gasteiger partial charge on any atom is -0.457 e. The Morgan fingerprint density at radius 3 is 1.46 bits per heavy atom. The summed E-state index contributed by atoms with van der Waals surface area (Å²) in [6, 6.07) is 0. The molecule has 1 saturated heterocycles. The van der Waals surface area contributed by atoms with Gasteiger partial charge in [0.25, 0.3) is 0 Å². The van der Waals surface area contributed by atoms with Crippen LogP contribution < -0.4 is 0 Å². The van der Waals surface area contributed by atoms with Gasteiger partial charge in [0.15, 0.2) is 6.29 Å². The molecule has 69 heavy (non-hydrogen) atoms. The second kappa shape index (κ2) is 47.1. The lowest BCUT2D eigenvalue weighted by atomic mass is 9.99. The maximum absolute atomic E-state index is 12.9. The van der Waals surface area contributed by atoms with Crippen LogP contribution in [0.5, 0.6) is 0 Å². The smallest absolute Gasteiger partial charge is 0.397 e. The van der Waals surface area contributed by atoms with Crippen LogP contribution >= 0.6 is 0 Å². The minimum absolute atomic E-state index is 0.0367. The number of aliphatic hydroxyl groups excluding tert-OH is 3. The third-order valence-corrected chi connectivity index (χ3v) is 13.2. The summed E-state index contributed by atoms with van der Waals surface area (Å²) in [4.78, 5) is 12.9. The zero-order chi connectivity index (χ0) is 50.3. The third-order valence-electron chi connectivity index (χ3n) is 12.7. The van der Waals surface area contributed by atoms with Crippen LogP contribution in [-0.2, 0) is 38.3 Å². The number of hydrogen-bond acceptors (Lipinski definition) is 11. The average Bonchev–Trinajstić information content (AvgIpc) is 3.32. The Kier molecular flexibility index (Phi) is 44.4. The van der Waals surface area contributed by atoms with Crippen molar-refractivity contribution < 1.29 is 56.2 Å². The third kappa shape index (κ3) is 40.3. The Labute approximate surface area is 421 Å². The lowest BCUT2D eigenvalue weighted by molar-refractivity contribution is -0.301. The molecule has 1 fully saturated rings. The van der Waals surface area contributed by atoms with E-state index in [0.717, 1.165) is 70.6 Å². The molecule has 0 aliphatic carbocycles. The van der Waals surface area contributed by atoms with Gasteiger partial charge >= 0.3 is 16.4 Å². The molecule has 6 atom stereocenters. The zero-order valence-electron chi connectivity index (χ0n) is 43.6. The predicted molar refractivity (Wildman–Crippen MR) is 280 cm³/mol. The van der Waals surface area contributed by atoms with Gasteiger partial charge in [-0.25, -0.2) is 4.18 Å². The Balaban J connectivity index is 2.31. The van der Waals surface area contributed by atoms with Crippen LogP contribution in [0.3, 0.4) is 0 Å². The van der Waals surface area contributed by atoms with Crippen LogP contribution in [0.15, 0.2) is 48.6 Å². The summed E-state index contributed by atoms with van der Waals surface area (Å²) in [6.07, 6.45) is 50.0. The maximum Gasteiger partial charge on any atom is 0.397 e. The summed E-state index contributed by atoms with van der Waals surface area (Å²) < 4.78 is 59.4. The van der Waals surface area contributed by atoms with Crippen LogP contribution in [0.25, 0.3) is 0 Å². The molecule has 1 aliphatic rings. The highest BCUT2D eigenvalue weighted by Gasteiger charge is 2.48. The number of allylic oxidation sites excluding steroid dienone is 8. The molecule has 1 rings (SSSR count). The molecule has 12 nitrogen and oxygen atoms in total. The summed E-state index contributed by atoms with van der Waals surface area (Å²) in [5.41, 5.74) is 0. The van der Waals surface area contributed by atoms with E-state index in [1.807, 2.05) is 0 Å². The fourth-order valence-corrected chi connectivity index (χ4v) is 9.06. The molecular weight excluding hydrogens is 897 g/mol. The lowest BCUT2D eigenvalue weighted by Gasteiger charge is -2.41. The first-order valence-corrected chi connectivity index (χ1v) is 29.3. The SMILES string of the molecule is CC/C=C\C/C=C\C/C=C\C/C=C\CCCCCCCCCCCCC(=O)OC(COCCCCCCCCCCCCCCCCCCCCC)COC1OC(CO)C(O)C(OS(=O)(=O)O)C1O. The summed E-state index contributed by atoms with van der Waals surface area (Å²) in [5.74, 6) is -0.401. The predicted octanol–water partition coefficient (Wildman–Crippen LogP) is 13.5. The van der Waals surface area contributed by atoms with Gasteiger partial charge in [0, 0.05) is 13.0 Å². The first-order valence-electron chi connectivity index (χ1n) is 27.9. The number of aliphatic hydroxyl groups is 3. The number of rotatable bonds is 49.